The molecule has 0 aliphatic heterocycles. The highest BCUT2D eigenvalue weighted by atomic mass is 19.4. The van der Waals surface area contributed by atoms with Gasteiger partial charge in [0.05, 0.1) is 0 Å². The molecule has 0 aromatic carbocycles. The molecule has 4 heteroatoms. The molecule has 1 unspecified atom stereocenters. The summed E-state index contributed by atoms with van der Waals surface area (Å²) in [6.45, 7) is 1.62. The molecule has 0 aromatic heterocycles. The summed E-state index contributed by atoms with van der Waals surface area (Å²) < 4.78 is 46.3. The predicted molar refractivity (Wildman–Crippen MR) is 30.0 cm³/mol. The Bertz CT molecular complexity index is 113. The van der Waals surface area contributed by atoms with Crippen LogP contribution in [0.3, 0.4) is 0 Å². The van der Waals surface area contributed by atoms with Gasteiger partial charge in [-0.05, 0) is 6.92 Å². The first kappa shape index (κ1) is 9.46. The maximum absolute atomic E-state index is 11.6. The summed E-state index contributed by atoms with van der Waals surface area (Å²) >= 11 is 0. The lowest BCUT2D eigenvalue weighted by molar-refractivity contribution is -0.164. The van der Waals surface area contributed by atoms with Gasteiger partial charge >= 0.3 is 6.18 Å². The first-order chi connectivity index (χ1) is 4.52. The second-order valence-electron chi connectivity index (χ2n) is 1.73. The minimum atomic E-state index is -4.48. The van der Waals surface area contributed by atoms with Crippen LogP contribution < -0.4 is 0 Å². The SMILES string of the molecule is [CH2]C=CC(CF)C(F)(F)F. The van der Waals surface area contributed by atoms with E-state index in [4.69, 9.17) is 0 Å². The fraction of sp³-hybridized carbons (Fsp3) is 0.500. The lowest BCUT2D eigenvalue weighted by Gasteiger charge is -2.11. The van der Waals surface area contributed by atoms with E-state index < -0.39 is 18.8 Å². The zero-order chi connectivity index (χ0) is 8.20. The van der Waals surface area contributed by atoms with Crippen LogP contribution in [-0.4, -0.2) is 12.9 Å². The van der Waals surface area contributed by atoms with Crippen LogP contribution in [0.4, 0.5) is 17.6 Å². The largest absolute Gasteiger partial charge is 0.397 e. The van der Waals surface area contributed by atoms with Crippen molar-refractivity contribution >= 4 is 0 Å². The zero-order valence-electron chi connectivity index (χ0n) is 5.16. The molecule has 0 aliphatic carbocycles. The van der Waals surface area contributed by atoms with E-state index in [2.05, 4.69) is 6.92 Å². The minimum absolute atomic E-state index is 0.694. The number of hydrogen-bond donors (Lipinski definition) is 0. The Kier molecular flexibility index (Phi) is 3.39. The Labute approximate surface area is 56.5 Å². The molecular weight excluding hydrogens is 148 g/mol. The maximum Gasteiger partial charge on any atom is 0.397 e. The van der Waals surface area contributed by atoms with Gasteiger partial charge in [-0.15, -0.1) is 0 Å². The highest BCUT2D eigenvalue weighted by Gasteiger charge is 2.37. The third kappa shape index (κ3) is 2.85. The molecule has 0 spiro atoms. The van der Waals surface area contributed by atoms with E-state index in [9.17, 15) is 17.6 Å². The molecule has 0 bridgehead atoms. The van der Waals surface area contributed by atoms with Gasteiger partial charge in [-0.2, -0.15) is 13.2 Å². The Morgan fingerprint density at radius 2 is 1.90 bits per heavy atom. The van der Waals surface area contributed by atoms with Crippen LogP contribution in [0.5, 0.6) is 0 Å². The van der Waals surface area contributed by atoms with Crippen molar-refractivity contribution in [2.75, 3.05) is 6.67 Å². The third-order valence-electron chi connectivity index (χ3n) is 0.955. The normalized spacial score (nSPS) is 16.1. The lowest BCUT2D eigenvalue weighted by Crippen LogP contribution is -2.22. The van der Waals surface area contributed by atoms with Crippen LogP contribution in [0, 0.1) is 12.8 Å². The topological polar surface area (TPSA) is 0 Å². The molecule has 1 radical (unpaired) electrons. The summed E-state index contributed by atoms with van der Waals surface area (Å²) in [5.41, 5.74) is 0. The van der Waals surface area contributed by atoms with E-state index in [1.54, 1.807) is 0 Å². The van der Waals surface area contributed by atoms with Crippen LogP contribution in [0.15, 0.2) is 12.2 Å². The molecule has 0 aliphatic rings. The van der Waals surface area contributed by atoms with Crippen molar-refractivity contribution < 1.29 is 17.6 Å². The van der Waals surface area contributed by atoms with E-state index in [0.29, 0.717) is 6.08 Å². The number of halogens is 4. The van der Waals surface area contributed by atoms with Crippen molar-refractivity contribution in [3.63, 3.8) is 0 Å². The molecule has 0 amide bonds. The fourth-order valence-corrected chi connectivity index (χ4v) is 0.412. The standard InChI is InChI=1S/C6H7F4/c1-2-3-5(4-7)6(8,9)10/h2-3,5H,1,4H2. The average molecular weight is 155 g/mol. The van der Waals surface area contributed by atoms with E-state index >= 15 is 0 Å². The molecule has 0 fully saturated rings. The van der Waals surface area contributed by atoms with Crippen LogP contribution >= 0.6 is 0 Å². The van der Waals surface area contributed by atoms with Crippen LogP contribution in [-0.2, 0) is 0 Å². The monoisotopic (exact) mass is 155 g/mol. The molecule has 59 valence electrons. The first-order valence-electron chi connectivity index (χ1n) is 2.61. The highest BCUT2D eigenvalue weighted by molar-refractivity contribution is 4.93. The quantitative estimate of drug-likeness (QED) is 0.537. The van der Waals surface area contributed by atoms with Gasteiger partial charge in [0.1, 0.15) is 12.6 Å². The van der Waals surface area contributed by atoms with Gasteiger partial charge in [0.25, 0.3) is 0 Å². The zero-order valence-corrected chi connectivity index (χ0v) is 5.16. The summed E-state index contributed by atoms with van der Waals surface area (Å²) in [6, 6.07) is 0. The van der Waals surface area contributed by atoms with Gasteiger partial charge in [-0.1, -0.05) is 12.2 Å². The van der Waals surface area contributed by atoms with Gasteiger partial charge in [0.2, 0.25) is 0 Å². The van der Waals surface area contributed by atoms with E-state index in [1.807, 2.05) is 0 Å². The fourth-order valence-electron chi connectivity index (χ4n) is 0.412. The van der Waals surface area contributed by atoms with Gasteiger partial charge in [-0.25, -0.2) is 0 Å². The van der Waals surface area contributed by atoms with Gasteiger partial charge in [0, 0.05) is 0 Å². The van der Waals surface area contributed by atoms with Gasteiger partial charge in [0.15, 0.2) is 0 Å². The molecule has 0 saturated carbocycles. The van der Waals surface area contributed by atoms with E-state index in [-0.39, 0.29) is 0 Å². The molecule has 1 atom stereocenters. The molecule has 0 N–H and O–H groups in total. The van der Waals surface area contributed by atoms with E-state index in [1.165, 1.54) is 0 Å². The predicted octanol–water partition coefficient (Wildman–Crippen LogP) is 2.52. The molecule has 10 heavy (non-hydrogen) atoms. The number of hydrogen-bond acceptors (Lipinski definition) is 0. The van der Waals surface area contributed by atoms with Crippen molar-refractivity contribution in [2.24, 2.45) is 5.92 Å². The van der Waals surface area contributed by atoms with Gasteiger partial charge < -0.3 is 0 Å². The summed E-state index contributed by atoms with van der Waals surface area (Å²) in [5, 5.41) is 0. The van der Waals surface area contributed by atoms with Crippen LogP contribution in [0.25, 0.3) is 0 Å². The number of allylic oxidation sites excluding steroid dienone is 2. The second-order valence-corrected chi connectivity index (χ2v) is 1.73. The minimum Gasteiger partial charge on any atom is -0.250 e. The molecule has 0 aromatic rings. The Hall–Kier alpha value is -0.540. The average Bonchev–Trinajstić information content (AvgIpc) is 1.80. The number of rotatable bonds is 2. The maximum atomic E-state index is 11.6. The first-order valence-corrected chi connectivity index (χ1v) is 2.61. The van der Waals surface area contributed by atoms with Crippen molar-refractivity contribution in [2.45, 2.75) is 6.18 Å². The lowest BCUT2D eigenvalue weighted by atomic mass is 10.1. The summed E-state index contributed by atoms with van der Waals surface area (Å²) in [7, 11) is 0. The van der Waals surface area contributed by atoms with Crippen LogP contribution in [0.2, 0.25) is 0 Å². The molecule has 0 nitrogen and oxygen atoms in total. The van der Waals surface area contributed by atoms with E-state index in [0.717, 1.165) is 6.08 Å². The Morgan fingerprint density at radius 1 is 1.40 bits per heavy atom. The third-order valence-corrected chi connectivity index (χ3v) is 0.955. The Morgan fingerprint density at radius 3 is 2.00 bits per heavy atom. The van der Waals surface area contributed by atoms with Crippen molar-refractivity contribution in [3.8, 4) is 0 Å². The number of alkyl halides is 4. The molecule has 0 rings (SSSR count). The van der Waals surface area contributed by atoms with Crippen molar-refractivity contribution in [1.29, 1.82) is 0 Å². The van der Waals surface area contributed by atoms with Crippen molar-refractivity contribution in [1.82, 2.24) is 0 Å². The summed E-state index contributed by atoms with van der Waals surface area (Å²) in [5.74, 6) is -2.00. The summed E-state index contributed by atoms with van der Waals surface area (Å²) in [4.78, 5) is 0. The second kappa shape index (κ2) is 3.58. The molecule has 0 saturated heterocycles. The van der Waals surface area contributed by atoms with Crippen LogP contribution in [0.1, 0.15) is 0 Å². The van der Waals surface area contributed by atoms with Crippen molar-refractivity contribution in [3.05, 3.63) is 19.1 Å². The highest BCUT2D eigenvalue weighted by Crippen LogP contribution is 2.27. The smallest absolute Gasteiger partial charge is 0.250 e. The molecular formula is C6H7F4. The summed E-state index contributed by atoms with van der Waals surface area (Å²) in [6.07, 6.45) is -2.85. The molecule has 0 heterocycles. The Balaban J connectivity index is 4.07. The van der Waals surface area contributed by atoms with Gasteiger partial charge in [-0.3, -0.25) is 4.39 Å².